The van der Waals surface area contributed by atoms with Crippen LogP contribution in [-0.4, -0.2) is 35.6 Å². The first-order valence-corrected chi connectivity index (χ1v) is 13.5. The minimum Gasteiger partial charge on any atom is -0.426 e. The van der Waals surface area contributed by atoms with Crippen molar-refractivity contribution in [3.05, 3.63) is 94.6 Å². The highest BCUT2D eigenvalue weighted by Gasteiger charge is 2.30. The molecule has 1 unspecified atom stereocenters. The number of hydrogen-bond acceptors (Lipinski definition) is 6. The maximum atomic E-state index is 13.5. The van der Waals surface area contributed by atoms with Crippen molar-refractivity contribution >= 4 is 40.1 Å². The first-order chi connectivity index (χ1) is 19.3. The Labute approximate surface area is 232 Å². The van der Waals surface area contributed by atoms with E-state index >= 15 is 0 Å². The number of esters is 1. The molecule has 1 aliphatic heterocycles. The Kier molecular flexibility index (Phi) is 7.51. The quantitative estimate of drug-likeness (QED) is 0.284. The molecule has 1 N–H and O–H groups in total. The standard InChI is InChI=1S/C32H32N4O4/c1-5-6-11-29-34-26-14-12-20(2)18-25(26)30(31(38)33-4)36(29)23-13-15-27-22(19-23)16-17-35(27)32(39)24-9-7-8-10-28(24)40-21(3)37/h7-10,12-19,29H,5-6,11H2,1-4H3,(H,33,38). The molecule has 1 aromatic heterocycles. The second-order valence-corrected chi connectivity index (χ2v) is 9.89. The van der Waals surface area contributed by atoms with E-state index in [-0.39, 0.29) is 29.3 Å². The molecule has 1 amide bonds. The van der Waals surface area contributed by atoms with Crippen LogP contribution in [0.5, 0.6) is 5.75 Å². The lowest BCUT2D eigenvalue weighted by Gasteiger charge is -2.35. The first kappa shape index (κ1) is 26.9. The van der Waals surface area contributed by atoms with Crippen LogP contribution in [0.2, 0.25) is 0 Å². The number of fused-ring (bicyclic) bond motifs is 2. The van der Waals surface area contributed by atoms with Crippen molar-refractivity contribution in [3.8, 4) is 5.75 Å². The lowest BCUT2D eigenvalue weighted by atomic mass is 10.1. The van der Waals surface area contributed by atoms with E-state index in [4.69, 9.17) is 9.73 Å². The van der Waals surface area contributed by atoms with Crippen LogP contribution < -0.4 is 25.5 Å². The number of aryl methyl sites for hydroxylation is 1. The van der Waals surface area contributed by atoms with Crippen LogP contribution in [0.4, 0.5) is 5.69 Å². The molecular formula is C32H32N4O4. The van der Waals surface area contributed by atoms with Crippen molar-refractivity contribution < 1.29 is 19.1 Å². The van der Waals surface area contributed by atoms with E-state index in [0.717, 1.165) is 46.5 Å². The smallest absolute Gasteiger partial charge is 0.308 e. The molecule has 0 fully saturated rings. The summed E-state index contributed by atoms with van der Waals surface area (Å²) < 4.78 is 6.81. The molecule has 40 heavy (non-hydrogen) atoms. The van der Waals surface area contributed by atoms with E-state index < -0.39 is 5.97 Å². The zero-order valence-electron chi connectivity index (χ0n) is 23.1. The number of unbranched alkanes of at least 4 members (excludes halogenated alkanes) is 1. The van der Waals surface area contributed by atoms with Crippen LogP contribution in [0.1, 0.15) is 49.0 Å². The summed E-state index contributed by atoms with van der Waals surface area (Å²) in [6, 6.07) is 20.3. The number of carbonyl (C=O) groups is 3. The molecular weight excluding hydrogens is 504 g/mol. The summed E-state index contributed by atoms with van der Waals surface area (Å²) in [5.74, 6) is -0.772. The molecule has 4 aromatic rings. The maximum Gasteiger partial charge on any atom is 0.308 e. The number of hydrogen-bond donors (Lipinski definition) is 1. The van der Waals surface area contributed by atoms with Crippen molar-refractivity contribution in [2.45, 2.75) is 46.2 Å². The topological polar surface area (TPSA) is 93.0 Å². The lowest BCUT2D eigenvalue weighted by molar-refractivity contribution is -0.131. The largest absolute Gasteiger partial charge is 0.426 e. The fourth-order valence-electron chi connectivity index (χ4n) is 5.15. The molecule has 5 rings (SSSR count). The Morgan fingerprint density at radius 2 is 1.82 bits per heavy atom. The predicted molar refractivity (Wildman–Crippen MR) is 155 cm³/mol. The zero-order chi connectivity index (χ0) is 28.4. The summed E-state index contributed by atoms with van der Waals surface area (Å²) in [7, 11) is 1.64. The third-order valence-electron chi connectivity index (χ3n) is 7.03. The van der Waals surface area contributed by atoms with Gasteiger partial charge in [-0.15, -0.1) is 0 Å². The number of aromatic nitrogens is 1. The van der Waals surface area contributed by atoms with E-state index in [1.807, 2.05) is 54.3 Å². The molecule has 0 saturated heterocycles. The van der Waals surface area contributed by atoms with E-state index in [0.29, 0.717) is 11.2 Å². The molecule has 3 aromatic carbocycles. The van der Waals surface area contributed by atoms with Crippen molar-refractivity contribution in [3.63, 3.8) is 0 Å². The fraction of sp³-hybridized carbons (Fsp3) is 0.250. The highest BCUT2D eigenvalue weighted by atomic mass is 16.5. The second kappa shape index (κ2) is 11.2. The van der Waals surface area contributed by atoms with Crippen molar-refractivity contribution in [1.29, 1.82) is 0 Å². The van der Waals surface area contributed by atoms with E-state index in [9.17, 15) is 14.4 Å². The van der Waals surface area contributed by atoms with Gasteiger partial charge in [0.1, 0.15) is 17.6 Å². The van der Waals surface area contributed by atoms with Crippen LogP contribution in [0.3, 0.4) is 0 Å². The van der Waals surface area contributed by atoms with Gasteiger partial charge in [0.05, 0.1) is 16.4 Å². The van der Waals surface area contributed by atoms with Gasteiger partial charge in [-0.1, -0.05) is 37.1 Å². The zero-order valence-corrected chi connectivity index (χ0v) is 23.1. The summed E-state index contributed by atoms with van der Waals surface area (Å²) in [5, 5.41) is 5.26. The van der Waals surface area contributed by atoms with Crippen LogP contribution in [-0.2, 0) is 9.59 Å². The van der Waals surface area contributed by atoms with Gasteiger partial charge in [-0.3, -0.25) is 23.9 Å². The third-order valence-corrected chi connectivity index (χ3v) is 7.03. The summed E-state index contributed by atoms with van der Waals surface area (Å²) in [6.07, 6.45) is 4.21. The molecule has 0 bridgehead atoms. The number of amides is 1. The van der Waals surface area contributed by atoms with Gasteiger partial charge in [-0.25, -0.2) is 0 Å². The lowest BCUT2D eigenvalue weighted by Crippen LogP contribution is -2.50. The molecule has 0 radical (unpaired) electrons. The number of likely N-dealkylation sites (N-methyl/N-ethyl adjacent to an activating group) is 1. The van der Waals surface area contributed by atoms with Crippen molar-refractivity contribution in [1.82, 2.24) is 9.88 Å². The van der Waals surface area contributed by atoms with Gasteiger partial charge in [-0.2, -0.15) is 0 Å². The highest BCUT2D eigenvalue weighted by molar-refractivity contribution is 6.18. The van der Waals surface area contributed by atoms with Gasteiger partial charge >= 0.3 is 5.97 Å². The third kappa shape index (κ3) is 5.00. The number of nitrogens with zero attached hydrogens (tertiary/aromatic N) is 3. The van der Waals surface area contributed by atoms with Gasteiger partial charge in [0, 0.05) is 36.5 Å². The molecule has 0 spiro atoms. The van der Waals surface area contributed by atoms with E-state index in [2.05, 4.69) is 12.2 Å². The second-order valence-electron chi connectivity index (χ2n) is 9.89. The van der Waals surface area contributed by atoms with Crippen LogP contribution >= 0.6 is 0 Å². The Morgan fingerprint density at radius 3 is 2.58 bits per heavy atom. The van der Waals surface area contributed by atoms with Crippen LogP contribution in [0.25, 0.3) is 16.6 Å². The van der Waals surface area contributed by atoms with E-state index in [1.165, 1.54) is 6.92 Å². The average molecular weight is 537 g/mol. The van der Waals surface area contributed by atoms with Crippen LogP contribution in [0, 0.1) is 6.92 Å². The van der Waals surface area contributed by atoms with Gasteiger partial charge in [0.2, 0.25) is 0 Å². The van der Waals surface area contributed by atoms with Crippen LogP contribution in [0.15, 0.2) is 77.9 Å². The maximum absolute atomic E-state index is 13.5. The summed E-state index contributed by atoms with van der Waals surface area (Å²) >= 11 is 0. The SMILES string of the molecule is CCCCC1N=c2ccc(C)cc2=C(C(=O)NC)N1c1ccc2c(ccn2C(=O)c2ccccc2OC(C)=O)c1. The van der Waals surface area contributed by atoms with Crippen molar-refractivity contribution in [2.24, 2.45) is 4.99 Å². The number of anilines is 1. The predicted octanol–water partition coefficient (Wildman–Crippen LogP) is 4.07. The average Bonchev–Trinajstić information content (AvgIpc) is 3.38. The summed E-state index contributed by atoms with van der Waals surface area (Å²) in [4.78, 5) is 45.5. The number of benzene rings is 3. The highest BCUT2D eigenvalue weighted by Crippen LogP contribution is 2.31. The Bertz CT molecular complexity index is 1750. The Hall–Kier alpha value is -4.72. The molecule has 1 atom stereocenters. The monoisotopic (exact) mass is 536 g/mol. The number of para-hydroxylation sites is 1. The molecule has 204 valence electrons. The molecule has 2 heterocycles. The minimum atomic E-state index is -0.494. The summed E-state index contributed by atoms with van der Waals surface area (Å²) in [5.41, 5.74) is 3.40. The Balaban J connectivity index is 1.62. The summed E-state index contributed by atoms with van der Waals surface area (Å²) in [6.45, 7) is 5.44. The molecule has 8 nitrogen and oxygen atoms in total. The Morgan fingerprint density at radius 1 is 1.02 bits per heavy atom. The van der Waals surface area contributed by atoms with Gasteiger partial charge in [0.25, 0.3) is 11.8 Å². The number of nitrogens with one attached hydrogen (secondary N) is 1. The van der Waals surface area contributed by atoms with Crippen molar-refractivity contribution in [2.75, 3.05) is 11.9 Å². The van der Waals surface area contributed by atoms with E-state index in [1.54, 1.807) is 42.1 Å². The van der Waals surface area contributed by atoms with Gasteiger partial charge in [0.15, 0.2) is 0 Å². The molecule has 0 saturated carbocycles. The number of ether oxygens (including phenoxy) is 1. The molecule has 1 aliphatic rings. The van der Waals surface area contributed by atoms with Gasteiger partial charge < -0.3 is 15.0 Å². The number of rotatable bonds is 7. The molecule has 8 heteroatoms. The molecule has 0 aliphatic carbocycles. The van der Waals surface area contributed by atoms with Gasteiger partial charge in [-0.05, 0) is 68.3 Å². The normalized spacial score (nSPS) is 14.4. The number of carbonyl (C=O) groups excluding carboxylic acids is 3. The minimum absolute atomic E-state index is 0.182. The fourth-order valence-corrected chi connectivity index (χ4v) is 5.15. The first-order valence-electron chi connectivity index (χ1n) is 13.5.